The second-order valence-electron chi connectivity index (χ2n) is 8.73. The van der Waals surface area contributed by atoms with Crippen LogP contribution in [0.5, 0.6) is 0 Å². The van der Waals surface area contributed by atoms with Gasteiger partial charge in [-0.2, -0.15) is 0 Å². The number of ether oxygens (including phenoxy) is 1. The van der Waals surface area contributed by atoms with Gasteiger partial charge in [-0.1, -0.05) is 56.3 Å². The topological polar surface area (TPSA) is 104 Å². The van der Waals surface area contributed by atoms with Crippen LogP contribution in [0.15, 0.2) is 60.0 Å². The molecule has 2 aromatic carbocycles. The fraction of sp³-hybridized carbons (Fsp3) is 0.370. The smallest absolute Gasteiger partial charge is 0.251 e. The lowest BCUT2D eigenvalue weighted by Crippen LogP contribution is -2.50. The Morgan fingerprint density at radius 2 is 1.86 bits per heavy atom. The molecule has 0 radical (unpaired) electrons. The van der Waals surface area contributed by atoms with E-state index in [1.54, 1.807) is 17.0 Å². The maximum atomic E-state index is 13.1. The first-order valence-electron chi connectivity index (χ1n) is 12.3. The van der Waals surface area contributed by atoms with E-state index in [0.717, 1.165) is 29.7 Å². The maximum absolute atomic E-state index is 13.1. The monoisotopic (exact) mass is 508 g/mol. The number of carbonyl (C=O) groups excluding carboxylic acids is 2. The highest BCUT2D eigenvalue weighted by Gasteiger charge is 2.29. The first kappa shape index (κ1) is 26.0. The van der Waals surface area contributed by atoms with E-state index >= 15 is 0 Å². The molecule has 3 N–H and O–H groups in total. The Bertz CT molecular complexity index is 1150. The van der Waals surface area contributed by atoms with Crippen LogP contribution < -0.4 is 10.6 Å². The highest BCUT2D eigenvalue weighted by Crippen LogP contribution is 2.26. The summed E-state index contributed by atoms with van der Waals surface area (Å²) in [6.45, 7) is 4.45. The number of anilines is 1. The highest BCUT2D eigenvalue weighted by atomic mass is 32.1. The molecule has 9 heteroatoms. The van der Waals surface area contributed by atoms with Gasteiger partial charge in [0.1, 0.15) is 0 Å². The van der Waals surface area contributed by atoms with Crippen molar-refractivity contribution in [3.63, 3.8) is 0 Å². The van der Waals surface area contributed by atoms with Gasteiger partial charge in [-0.05, 0) is 37.0 Å². The van der Waals surface area contributed by atoms with Crippen LogP contribution in [0.4, 0.5) is 5.13 Å². The lowest BCUT2D eigenvalue weighted by Gasteiger charge is -2.32. The summed E-state index contributed by atoms with van der Waals surface area (Å²) in [6.07, 6.45) is 1.37. The van der Waals surface area contributed by atoms with Crippen LogP contribution in [0.25, 0.3) is 11.3 Å². The number of aliphatic hydroxyl groups is 1. The number of likely N-dealkylation sites (N-methyl/N-ethyl adjacent to an activating group) is 1. The standard InChI is InChI=1S/C27H32N4O4S/c1-3-23(31(4-2)27(34)35-16-18-8-6-5-7-9-18)25(33)30-26-29-22(17-36-26)19-10-12-20(13-11-19)24(32)28-21-14-15-21/h5-13,17,21,23,27,34H,3-4,14-16H2,1-2H3,(H,28,32)(H,29,30,33)/t23-,27?/m0/s1. The fourth-order valence-corrected chi connectivity index (χ4v) is 4.61. The molecule has 1 aromatic heterocycles. The molecule has 0 saturated heterocycles. The van der Waals surface area contributed by atoms with Crippen molar-refractivity contribution in [2.45, 2.75) is 58.2 Å². The molecule has 4 rings (SSSR count). The molecular weight excluding hydrogens is 476 g/mol. The average Bonchev–Trinajstić information content (AvgIpc) is 3.60. The molecule has 3 aromatic rings. The number of carbonyl (C=O) groups is 2. The molecule has 0 aliphatic heterocycles. The first-order valence-corrected chi connectivity index (χ1v) is 13.1. The Kier molecular flexibility index (Phi) is 8.82. The second kappa shape index (κ2) is 12.2. The van der Waals surface area contributed by atoms with Crippen molar-refractivity contribution in [1.29, 1.82) is 0 Å². The Morgan fingerprint density at radius 1 is 1.14 bits per heavy atom. The minimum Gasteiger partial charge on any atom is -0.356 e. The summed E-state index contributed by atoms with van der Waals surface area (Å²) in [5, 5.41) is 18.8. The molecule has 1 saturated carbocycles. The van der Waals surface area contributed by atoms with Crippen molar-refractivity contribution >= 4 is 28.3 Å². The first-order chi connectivity index (χ1) is 17.5. The summed E-state index contributed by atoms with van der Waals surface area (Å²) in [6, 6.07) is 16.6. The Balaban J connectivity index is 1.35. The van der Waals surface area contributed by atoms with Crippen LogP contribution in [-0.4, -0.2) is 51.8 Å². The molecule has 36 heavy (non-hydrogen) atoms. The van der Waals surface area contributed by atoms with Gasteiger partial charge < -0.3 is 20.5 Å². The third kappa shape index (κ3) is 6.76. The predicted molar refractivity (Wildman–Crippen MR) is 140 cm³/mol. The Hall–Kier alpha value is -3.11. The summed E-state index contributed by atoms with van der Waals surface area (Å²) in [5.74, 6) is -0.314. The van der Waals surface area contributed by atoms with Gasteiger partial charge in [0.05, 0.1) is 18.3 Å². The molecule has 1 heterocycles. The van der Waals surface area contributed by atoms with Gasteiger partial charge in [-0.15, -0.1) is 11.3 Å². The van der Waals surface area contributed by atoms with Gasteiger partial charge in [-0.3, -0.25) is 9.59 Å². The van der Waals surface area contributed by atoms with Crippen molar-refractivity contribution < 1.29 is 19.4 Å². The second-order valence-corrected chi connectivity index (χ2v) is 9.59. The van der Waals surface area contributed by atoms with Crippen LogP contribution in [0.2, 0.25) is 0 Å². The number of benzene rings is 2. The van der Waals surface area contributed by atoms with E-state index in [2.05, 4.69) is 15.6 Å². The zero-order valence-corrected chi connectivity index (χ0v) is 21.3. The Morgan fingerprint density at radius 3 is 2.50 bits per heavy atom. The summed E-state index contributed by atoms with van der Waals surface area (Å²) in [4.78, 5) is 31.5. The van der Waals surface area contributed by atoms with Crippen LogP contribution in [-0.2, 0) is 16.1 Å². The number of aliphatic hydroxyl groups excluding tert-OH is 1. The molecule has 1 aliphatic carbocycles. The molecule has 2 atom stereocenters. The third-order valence-electron chi connectivity index (χ3n) is 6.07. The average molecular weight is 509 g/mol. The quantitative estimate of drug-likeness (QED) is 0.316. The lowest BCUT2D eigenvalue weighted by molar-refractivity contribution is -0.210. The Labute approximate surface area is 215 Å². The van der Waals surface area contributed by atoms with Crippen LogP contribution >= 0.6 is 11.3 Å². The fourth-order valence-electron chi connectivity index (χ4n) is 3.88. The SMILES string of the molecule is CC[C@@H](C(=O)Nc1nc(-c2ccc(C(=O)NC3CC3)cc2)cs1)N(CC)C(O)OCc1ccccc1. The van der Waals surface area contributed by atoms with Gasteiger partial charge in [0, 0.05) is 29.1 Å². The van der Waals surface area contributed by atoms with E-state index in [9.17, 15) is 14.7 Å². The van der Waals surface area contributed by atoms with E-state index in [1.807, 2.05) is 61.7 Å². The summed E-state index contributed by atoms with van der Waals surface area (Å²) >= 11 is 1.33. The van der Waals surface area contributed by atoms with Crippen molar-refractivity contribution in [3.05, 3.63) is 71.1 Å². The lowest BCUT2D eigenvalue weighted by atomic mass is 10.1. The van der Waals surface area contributed by atoms with Crippen molar-refractivity contribution in [1.82, 2.24) is 15.2 Å². The van der Waals surface area contributed by atoms with E-state index < -0.39 is 12.5 Å². The van der Waals surface area contributed by atoms with Crippen LogP contribution in [0.1, 0.15) is 49.0 Å². The number of rotatable bonds is 12. The number of hydrogen-bond donors (Lipinski definition) is 3. The van der Waals surface area contributed by atoms with Gasteiger partial charge >= 0.3 is 0 Å². The van der Waals surface area contributed by atoms with E-state index in [1.165, 1.54) is 11.3 Å². The number of aromatic nitrogens is 1. The normalized spacial score (nSPS) is 14.9. The molecule has 2 amide bonds. The van der Waals surface area contributed by atoms with Gasteiger partial charge in [-0.25, -0.2) is 9.88 Å². The molecular formula is C27H32N4O4S. The minimum atomic E-state index is -1.21. The zero-order chi connectivity index (χ0) is 25.5. The predicted octanol–water partition coefficient (Wildman–Crippen LogP) is 4.23. The van der Waals surface area contributed by atoms with Gasteiger partial charge in [0.15, 0.2) is 5.13 Å². The van der Waals surface area contributed by atoms with Gasteiger partial charge in [0.2, 0.25) is 12.3 Å². The molecule has 0 bridgehead atoms. The number of hydrogen-bond acceptors (Lipinski definition) is 7. The highest BCUT2D eigenvalue weighted by molar-refractivity contribution is 7.14. The molecule has 8 nitrogen and oxygen atoms in total. The van der Waals surface area contributed by atoms with Crippen LogP contribution in [0, 0.1) is 0 Å². The molecule has 1 aliphatic rings. The molecule has 190 valence electrons. The van der Waals surface area contributed by atoms with E-state index in [0.29, 0.717) is 29.7 Å². The zero-order valence-electron chi connectivity index (χ0n) is 20.5. The van der Waals surface area contributed by atoms with Crippen molar-refractivity contribution in [2.75, 3.05) is 11.9 Å². The summed E-state index contributed by atoms with van der Waals surface area (Å²) in [7, 11) is 0. The van der Waals surface area contributed by atoms with Crippen molar-refractivity contribution in [3.8, 4) is 11.3 Å². The third-order valence-corrected chi connectivity index (χ3v) is 6.83. The largest absolute Gasteiger partial charge is 0.356 e. The number of amides is 2. The van der Waals surface area contributed by atoms with E-state index in [4.69, 9.17) is 4.74 Å². The van der Waals surface area contributed by atoms with Gasteiger partial charge in [0.25, 0.3) is 5.91 Å². The minimum absolute atomic E-state index is 0.0590. The summed E-state index contributed by atoms with van der Waals surface area (Å²) < 4.78 is 5.64. The van der Waals surface area contributed by atoms with Crippen LogP contribution in [0.3, 0.4) is 0 Å². The number of nitrogens with zero attached hydrogens (tertiary/aromatic N) is 2. The van der Waals surface area contributed by atoms with E-state index in [-0.39, 0.29) is 18.4 Å². The summed E-state index contributed by atoms with van der Waals surface area (Å²) in [5.41, 5.74) is 3.14. The number of nitrogens with one attached hydrogen (secondary N) is 2. The maximum Gasteiger partial charge on any atom is 0.251 e. The number of thiazole rings is 1. The molecule has 1 unspecified atom stereocenters. The van der Waals surface area contributed by atoms with Crippen molar-refractivity contribution in [2.24, 2.45) is 0 Å². The molecule has 0 spiro atoms. The molecule has 1 fully saturated rings.